The smallest absolute Gasteiger partial charge is 0.268 e. The molecule has 0 aromatic rings. The van der Waals surface area contributed by atoms with Gasteiger partial charge in [-0.15, -0.1) is 0 Å². The van der Waals surface area contributed by atoms with E-state index in [1.165, 1.54) is 135 Å². The van der Waals surface area contributed by atoms with E-state index in [1.54, 1.807) is 0 Å². The molecule has 0 aromatic heterocycles. The summed E-state index contributed by atoms with van der Waals surface area (Å²) in [7, 11) is 1.31. The molecule has 0 saturated heterocycles. The Hall–Kier alpha value is -0.500. The number of aliphatic hydroxyl groups is 1. The molecule has 9 heteroatoms. The number of phosphoric acid groups is 1. The van der Waals surface area contributed by atoms with E-state index >= 15 is 0 Å². The van der Waals surface area contributed by atoms with E-state index in [1.807, 2.05) is 21.1 Å². The largest absolute Gasteiger partial charge is 0.756 e. The minimum atomic E-state index is -4.55. The van der Waals surface area contributed by atoms with E-state index < -0.39 is 20.0 Å². The maximum atomic E-state index is 12.8. The molecule has 0 saturated carbocycles. The molecule has 8 nitrogen and oxygen atoms in total. The summed E-state index contributed by atoms with van der Waals surface area (Å²) in [5.74, 6) is -0.165. The number of unbranched alkanes of at least 4 members (excludes halogenated alkanes) is 25. The average Bonchev–Trinajstić information content (AvgIpc) is 3.04. The van der Waals surface area contributed by atoms with Crippen molar-refractivity contribution in [2.75, 3.05) is 40.9 Å². The fourth-order valence-electron chi connectivity index (χ4n) is 6.22. The van der Waals surface area contributed by atoms with Gasteiger partial charge in [-0.2, -0.15) is 0 Å². The van der Waals surface area contributed by atoms with Crippen molar-refractivity contribution in [3.8, 4) is 0 Å². The summed E-state index contributed by atoms with van der Waals surface area (Å²) in [6, 6.07) is -0.790. The van der Waals surface area contributed by atoms with Gasteiger partial charge in [0.2, 0.25) is 5.91 Å². The summed E-state index contributed by atoms with van der Waals surface area (Å²) in [5, 5.41) is 13.8. The van der Waals surface area contributed by atoms with Crippen LogP contribution in [0.3, 0.4) is 0 Å². The first kappa shape index (κ1) is 48.5. The number of hydrogen-bond donors (Lipinski definition) is 2. The highest BCUT2D eigenvalue weighted by molar-refractivity contribution is 7.45. The van der Waals surface area contributed by atoms with Crippen LogP contribution >= 0.6 is 7.82 Å². The van der Waals surface area contributed by atoms with Gasteiger partial charge in [-0.25, -0.2) is 0 Å². The second kappa shape index (κ2) is 33.3. The predicted octanol–water partition coefficient (Wildman–Crippen LogP) is 10.4. The number of likely N-dealkylation sites (N-methyl/N-ethyl adjacent to an activating group) is 1. The van der Waals surface area contributed by atoms with Crippen LogP contribution in [0.25, 0.3) is 0 Å². The molecule has 1 amide bonds. The summed E-state index contributed by atoms with van der Waals surface area (Å²) in [6.07, 6.45) is 34.0. The van der Waals surface area contributed by atoms with Gasteiger partial charge in [0.05, 0.1) is 39.9 Å². The van der Waals surface area contributed by atoms with Crippen LogP contribution in [0.5, 0.6) is 0 Å². The number of aliphatic hydroxyl groups excluding tert-OH is 1. The molecule has 294 valence electrons. The van der Waals surface area contributed by atoms with Crippen molar-refractivity contribution in [1.29, 1.82) is 0 Å². The molecule has 0 heterocycles. The summed E-state index contributed by atoms with van der Waals surface area (Å²) >= 11 is 0. The number of carbonyl (C=O) groups excluding carboxylic acids is 1. The van der Waals surface area contributed by atoms with Gasteiger partial charge in [-0.3, -0.25) is 9.36 Å². The van der Waals surface area contributed by atoms with Crippen molar-refractivity contribution in [3.05, 3.63) is 0 Å². The zero-order chi connectivity index (χ0) is 36.5. The van der Waals surface area contributed by atoms with Gasteiger partial charge in [-0.1, -0.05) is 181 Å². The lowest BCUT2D eigenvalue weighted by Crippen LogP contribution is -2.46. The molecular weight excluding hydrogens is 635 g/mol. The van der Waals surface area contributed by atoms with E-state index in [4.69, 9.17) is 9.05 Å². The number of carbonyl (C=O) groups is 1. The Morgan fingerprint density at radius 2 is 1.00 bits per heavy atom. The van der Waals surface area contributed by atoms with Crippen molar-refractivity contribution < 1.29 is 32.9 Å². The molecule has 0 aliphatic heterocycles. The van der Waals surface area contributed by atoms with Crippen LogP contribution in [-0.4, -0.2) is 68.5 Å². The average molecular weight is 719 g/mol. The number of hydrogen-bond acceptors (Lipinski definition) is 6. The van der Waals surface area contributed by atoms with Gasteiger partial charge in [0.15, 0.2) is 0 Å². The van der Waals surface area contributed by atoms with Crippen molar-refractivity contribution in [3.63, 3.8) is 0 Å². The minimum absolute atomic E-state index is 0.0154. The highest BCUT2D eigenvalue weighted by Gasteiger charge is 2.24. The third-order valence-corrected chi connectivity index (χ3v) is 10.6. The molecule has 0 radical (unpaired) electrons. The van der Waals surface area contributed by atoms with Gasteiger partial charge >= 0.3 is 0 Å². The summed E-state index contributed by atoms with van der Waals surface area (Å²) in [4.78, 5) is 25.2. The lowest BCUT2D eigenvalue weighted by atomic mass is 10.0. The fraction of sp³-hybridized carbons (Fsp3) is 0.975. The highest BCUT2D eigenvalue weighted by atomic mass is 31.2. The molecule has 49 heavy (non-hydrogen) atoms. The molecule has 0 bridgehead atoms. The molecular formula is C40H83N2O6P. The van der Waals surface area contributed by atoms with Crippen LogP contribution in [0.15, 0.2) is 0 Å². The van der Waals surface area contributed by atoms with Crippen molar-refractivity contribution in [1.82, 2.24) is 5.32 Å². The Labute approximate surface area is 304 Å². The maximum absolute atomic E-state index is 12.8. The van der Waals surface area contributed by atoms with Gasteiger partial charge in [0.1, 0.15) is 13.2 Å². The Balaban J connectivity index is 4.21. The topological polar surface area (TPSA) is 108 Å². The van der Waals surface area contributed by atoms with E-state index in [9.17, 15) is 19.4 Å². The number of nitrogens with one attached hydrogen (secondary N) is 1. The summed E-state index contributed by atoms with van der Waals surface area (Å²) in [5.41, 5.74) is 0. The first-order valence-electron chi connectivity index (χ1n) is 20.9. The van der Waals surface area contributed by atoms with Crippen LogP contribution in [0.4, 0.5) is 0 Å². The molecule has 0 fully saturated rings. The first-order chi connectivity index (χ1) is 23.5. The normalized spacial score (nSPS) is 14.5. The van der Waals surface area contributed by atoms with Crippen molar-refractivity contribution >= 4 is 13.7 Å². The Morgan fingerprint density at radius 3 is 1.39 bits per heavy atom. The van der Waals surface area contributed by atoms with E-state index in [2.05, 4.69) is 19.2 Å². The zero-order valence-electron chi connectivity index (χ0n) is 33.2. The van der Waals surface area contributed by atoms with Crippen LogP contribution < -0.4 is 10.2 Å². The number of quaternary nitrogens is 1. The molecule has 3 atom stereocenters. The van der Waals surface area contributed by atoms with Crippen LogP contribution in [0.2, 0.25) is 0 Å². The Kier molecular flexibility index (Phi) is 33.0. The predicted molar refractivity (Wildman–Crippen MR) is 206 cm³/mol. The molecule has 0 aliphatic carbocycles. The van der Waals surface area contributed by atoms with Gasteiger partial charge < -0.3 is 28.8 Å². The van der Waals surface area contributed by atoms with Gasteiger partial charge in [0, 0.05) is 6.42 Å². The molecule has 0 rings (SSSR count). The van der Waals surface area contributed by atoms with Crippen molar-refractivity contribution in [2.45, 2.75) is 212 Å². The van der Waals surface area contributed by atoms with E-state index in [0.717, 1.165) is 38.5 Å². The monoisotopic (exact) mass is 719 g/mol. The second-order valence-corrected chi connectivity index (χ2v) is 17.1. The minimum Gasteiger partial charge on any atom is -0.756 e. The highest BCUT2D eigenvalue weighted by Crippen LogP contribution is 2.38. The molecule has 0 aromatic carbocycles. The summed E-state index contributed by atoms with van der Waals surface area (Å²) in [6.45, 7) is 4.69. The van der Waals surface area contributed by atoms with E-state index in [-0.39, 0.29) is 19.1 Å². The third-order valence-electron chi connectivity index (χ3n) is 9.60. The number of rotatable bonds is 38. The van der Waals surface area contributed by atoms with Crippen molar-refractivity contribution in [2.24, 2.45) is 0 Å². The van der Waals surface area contributed by atoms with Crippen LogP contribution in [0.1, 0.15) is 200 Å². The van der Waals surface area contributed by atoms with E-state index in [0.29, 0.717) is 23.9 Å². The number of phosphoric ester groups is 1. The van der Waals surface area contributed by atoms with Crippen LogP contribution in [0, 0.1) is 0 Å². The van der Waals surface area contributed by atoms with Gasteiger partial charge in [-0.05, 0) is 12.8 Å². The Morgan fingerprint density at radius 1 is 0.633 bits per heavy atom. The van der Waals surface area contributed by atoms with Crippen LogP contribution in [-0.2, 0) is 18.4 Å². The molecule has 2 N–H and O–H groups in total. The quantitative estimate of drug-likeness (QED) is 0.0374. The summed E-state index contributed by atoms with van der Waals surface area (Å²) < 4.78 is 23.1. The fourth-order valence-corrected chi connectivity index (χ4v) is 6.94. The Bertz CT molecular complexity index is 778. The lowest BCUT2D eigenvalue weighted by Gasteiger charge is -2.30. The second-order valence-electron chi connectivity index (χ2n) is 15.7. The molecule has 3 unspecified atom stereocenters. The number of nitrogens with zero attached hydrogens (tertiary/aromatic N) is 1. The third kappa shape index (κ3) is 35.7. The zero-order valence-corrected chi connectivity index (χ0v) is 34.1. The first-order valence-corrected chi connectivity index (χ1v) is 22.3. The maximum Gasteiger partial charge on any atom is 0.268 e. The van der Waals surface area contributed by atoms with Gasteiger partial charge in [0.25, 0.3) is 7.82 Å². The SMILES string of the molecule is CCCCCCCCCCCCCCCCCCCCCC(=O)NC(COP(=O)([O-])OCC[N+](C)(C)C)C(O)CCCCCCCCCC. The standard InChI is InChI=1S/C40H83N2O6P/c1-6-8-10-12-14-16-17-18-19-20-21-22-23-24-25-26-28-30-32-34-40(44)41-38(37-48-49(45,46)47-36-35-42(3,4)5)39(43)33-31-29-27-15-13-11-9-7-2/h38-39,43H,6-37H2,1-5H3,(H-,41,44,45,46). The molecule has 0 spiro atoms. The lowest BCUT2D eigenvalue weighted by molar-refractivity contribution is -0.870. The number of amides is 1. The molecule has 0 aliphatic rings.